The van der Waals surface area contributed by atoms with Crippen LogP contribution in [0.2, 0.25) is 0 Å². The van der Waals surface area contributed by atoms with E-state index in [1.165, 1.54) is 29.8 Å². The van der Waals surface area contributed by atoms with Gasteiger partial charge in [-0.1, -0.05) is 54.1 Å². The lowest BCUT2D eigenvalue weighted by Gasteiger charge is -2.15. The summed E-state index contributed by atoms with van der Waals surface area (Å²) in [7, 11) is 1.44. The van der Waals surface area contributed by atoms with Crippen LogP contribution >= 0.6 is 11.8 Å². The zero-order chi connectivity index (χ0) is 16.2. The Balaban J connectivity index is 1.96. The number of fused-ring (bicyclic) bond motifs is 1. The number of benzene rings is 3. The van der Waals surface area contributed by atoms with Gasteiger partial charge in [0.05, 0.1) is 7.11 Å². The Morgan fingerprint density at radius 1 is 0.957 bits per heavy atom. The van der Waals surface area contributed by atoms with Crippen molar-refractivity contribution < 1.29 is 9.53 Å². The summed E-state index contributed by atoms with van der Waals surface area (Å²) in [6.45, 7) is 2.05. The van der Waals surface area contributed by atoms with Crippen LogP contribution in [0.15, 0.2) is 71.6 Å². The summed E-state index contributed by atoms with van der Waals surface area (Å²) in [5.41, 5.74) is 2.16. The maximum absolute atomic E-state index is 12.3. The van der Waals surface area contributed by atoms with Crippen LogP contribution in [0, 0.1) is 6.92 Å². The number of hydrogen-bond donors (Lipinski definition) is 0. The van der Waals surface area contributed by atoms with Crippen LogP contribution in [0.5, 0.6) is 0 Å². The van der Waals surface area contributed by atoms with Crippen LogP contribution in [0.3, 0.4) is 0 Å². The Kier molecular flexibility index (Phi) is 4.68. The van der Waals surface area contributed by atoms with Gasteiger partial charge in [-0.15, -0.1) is 11.8 Å². The molecular formula is C20H18O2S. The average molecular weight is 322 g/mol. The van der Waals surface area contributed by atoms with Crippen LogP contribution in [0.25, 0.3) is 10.8 Å². The standard InChI is InChI=1S/C20H18O2S/c1-14-7-11-18(12-8-14)23-19(20(21)22-2)17-10-9-15-5-3-4-6-16(15)13-17/h3-13,19H,1-2H3. The van der Waals surface area contributed by atoms with Crippen LogP contribution in [-0.2, 0) is 9.53 Å². The molecule has 1 unspecified atom stereocenters. The first-order valence-corrected chi connectivity index (χ1v) is 8.35. The highest BCUT2D eigenvalue weighted by Crippen LogP contribution is 2.37. The number of aryl methyl sites for hydroxylation is 1. The van der Waals surface area contributed by atoms with E-state index >= 15 is 0 Å². The van der Waals surface area contributed by atoms with Crippen LogP contribution in [0.4, 0.5) is 0 Å². The topological polar surface area (TPSA) is 26.3 Å². The van der Waals surface area contributed by atoms with Crippen LogP contribution in [0.1, 0.15) is 16.4 Å². The fourth-order valence-electron chi connectivity index (χ4n) is 2.48. The lowest BCUT2D eigenvalue weighted by molar-refractivity contribution is -0.140. The summed E-state index contributed by atoms with van der Waals surface area (Å²) in [4.78, 5) is 13.3. The molecule has 0 fully saturated rings. The van der Waals surface area contributed by atoms with Crippen LogP contribution < -0.4 is 0 Å². The van der Waals surface area contributed by atoms with Crippen molar-refractivity contribution in [2.24, 2.45) is 0 Å². The summed E-state index contributed by atoms with van der Waals surface area (Å²) in [5.74, 6) is -0.231. The zero-order valence-electron chi connectivity index (χ0n) is 13.2. The first-order valence-electron chi connectivity index (χ1n) is 7.47. The molecule has 0 amide bonds. The van der Waals surface area contributed by atoms with E-state index in [0.717, 1.165) is 15.8 Å². The van der Waals surface area contributed by atoms with E-state index < -0.39 is 0 Å². The highest BCUT2D eigenvalue weighted by Gasteiger charge is 2.23. The van der Waals surface area contributed by atoms with E-state index in [4.69, 9.17) is 4.74 Å². The lowest BCUT2D eigenvalue weighted by Crippen LogP contribution is -2.11. The van der Waals surface area contributed by atoms with Crippen molar-refractivity contribution in [1.29, 1.82) is 0 Å². The maximum atomic E-state index is 12.3. The molecule has 0 saturated carbocycles. The molecule has 116 valence electrons. The summed E-state index contributed by atoms with van der Waals surface area (Å²) in [5, 5.41) is 1.93. The third kappa shape index (κ3) is 3.57. The number of methoxy groups -OCH3 is 1. The molecule has 0 spiro atoms. The van der Waals surface area contributed by atoms with E-state index in [1.807, 2.05) is 30.3 Å². The highest BCUT2D eigenvalue weighted by molar-refractivity contribution is 8.00. The molecule has 3 aromatic rings. The number of carbonyl (C=O) groups is 1. The number of ether oxygens (including phenoxy) is 1. The number of rotatable bonds is 4. The van der Waals surface area contributed by atoms with E-state index in [9.17, 15) is 4.79 Å². The van der Waals surface area contributed by atoms with Crippen molar-refractivity contribution in [3.63, 3.8) is 0 Å². The quantitative estimate of drug-likeness (QED) is 0.490. The minimum Gasteiger partial charge on any atom is -0.468 e. The molecule has 3 aromatic carbocycles. The van der Waals surface area contributed by atoms with E-state index in [2.05, 4.69) is 43.3 Å². The number of esters is 1. The molecule has 3 heteroatoms. The SMILES string of the molecule is COC(=O)C(Sc1ccc(C)cc1)c1ccc2ccccc2c1. The lowest BCUT2D eigenvalue weighted by atomic mass is 10.1. The molecule has 1 atom stereocenters. The third-order valence-corrected chi connectivity index (χ3v) is 5.01. The summed E-state index contributed by atoms with van der Waals surface area (Å²) in [6, 6.07) is 22.5. The molecule has 0 heterocycles. The number of thioether (sulfide) groups is 1. The first-order chi connectivity index (χ1) is 11.2. The fraction of sp³-hybridized carbons (Fsp3) is 0.150. The van der Waals surface area contributed by atoms with Gasteiger partial charge in [0.1, 0.15) is 5.25 Å². The molecule has 2 nitrogen and oxygen atoms in total. The molecule has 0 aliphatic carbocycles. The van der Waals surface area contributed by atoms with Crippen molar-refractivity contribution in [2.45, 2.75) is 17.1 Å². The molecule has 3 rings (SSSR count). The molecule has 23 heavy (non-hydrogen) atoms. The average Bonchev–Trinajstić information content (AvgIpc) is 2.60. The van der Waals surface area contributed by atoms with Gasteiger partial charge >= 0.3 is 5.97 Å². The maximum Gasteiger partial charge on any atom is 0.323 e. The van der Waals surface area contributed by atoms with Gasteiger partial charge in [0.2, 0.25) is 0 Å². The molecule has 0 radical (unpaired) electrons. The van der Waals surface area contributed by atoms with Gasteiger partial charge in [-0.05, 0) is 41.5 Å². The molecule has 0 aliphatic rings. The number of hydrogen-bond acceptors (Lipinski definition) is 3. The van der Waals surface area contributed by atoms with Crippen molar-refractivity contribution in [2.75, 3.05) is 7.11 Å². The molecule has 0 saturated heterocycles. The Labute approximate surface area is 140 Å². The van der Waals surface area contributed by atoms with Gasteiger partial charge in [0, 0.05) is 4.90 Å². The highest BCUT2D eigenvalue weighted by atomic mass is 32.2. The zero-order valence-corrected chi connectivity index (χ0v) is 14.0. The Morgan fingerprint density at radius 3 is 2.35 bits per heavy atom. The largest absolute Gasteiger partial charge is 0.468 e. The van der Waals surface area contributed by atoms with E-state index in [0.29, 0.717) is 0 Å². The molecular weight excluding hydrogens is 304 g/mol. The second-order valence-corrected chi connectivity index (χ2v) is 6.62. The van der Waals surface area contributed by atoms with Gasteiger partial charge in [-0.2, -0.15) is 0 Å². The molecule has 0 aromatic heterocycles. The summed E-state index contributed by atoms with van der Waals surface area (Å²) >= 11 is 1.52. The predicted molar refractivity (Wildman–Crippen MR) is 95.7 cm³/mol. The molecule has 0 bridgehead atoms. The van der Waals surface area contributed by atoms with Crippen molar-refractivity contribution >= 4 is 28.5 Å². The molecule has 0 N–H and O–H groups in total. The van der Waals surface area contributed by atoms with E-state index in [-0.39, 0.29) is 11.2 Å². The van der Waals surface area contributed by atoms with Crippen molar-refractivity contribution in [3.05, 3.63) is 77.9 Å². The third-order valence-electron chi connectivity index (χ3n) is 3.77. The second-order valence-electron chi connectivity index (χ2n) is 5.44. The Morgan fingerprint density at radius 2 is 1.65 bits per heavy atom. The number of carbonyl (C=O) groups excluding carboxylic acids is 1. The Bertz CT molecular complexity index is 824. The Hall–Kier alpha value is -2.26. The van der Waals surface area contributed by atoms with Gasteiger partial charge < -0.3 is 4.74 Å². The van der Waals surface area contributed by atoms with Gasteiger partial charge in [-0.25, -0.2) is 0 Å². The van der Waals surface area contributed by atoms with Gasteiger partial charge in [0.25, 0.3) is 0 Å². The molecule has 0 aliphatic heterocycles. The van der Waals surface area contributed by atoms with Gasteiger partial charge in [-0.3, -0.25) is 4.79 Å². The second kappa shape index (κ2) is 6.88. The minimum atomic E-state index is -0.368. The van der Waals surface area contributed by atoms with Crippen molar-refractivity contribution in [1.82, 2.24) is 0 Å². The summed E-state index contributed by atoms with van der Waals surface area (Å²) in [6.07, 6.45) is 0. The minimum absolute atomic E-state index is 0.231. The predicted octanol–water partition coefficient (Wildman–Crippen LogP) is 5.15. The van der Waals surface area contributed by atoms with Crippen LogP contribution in [-0.4, -0.2) is 13.1 Å². The fourth-order valence-corrected chi connectivity index (χ4v) is 3.52. The van der Waals surface area contributed by atoms with Crippen molar-refractivity contribution in [3.8, 4) is 0 Å². The smallest absolute Gasteiger partial charge is 0.323 e. The van der Waals surface area contributed by atoms with E-state index in [1.54, 1.807) is 0 Å². The monoisotopic (exact) mass is 322 g/mol. The normalized spacial score (nSPS) is 12.1. The first kappa shape index (κ1) is 15.6. The van der Waals surface area contributed by atoms with Gasteiger partial charge in [0.15, 0.2) is 0 Å². The summed E-state index contributed by atoms with van der Waals surface area (Å²) < 4.78 is 5.02.